The van der Waals surface area contributed by atoms with Gasteiger partial charge in [-0.1, -0.05) is 17.7 Å². The fourth-order valence-corrected chi connectivity index (χ4v) is 2.40. The van der Waals surface area contributed by atoms with Crippen LogP contribution in [0.25, 0.3) is 10.1 Å². The van der Waals surface area contributed by atoms with E-state index in [2.05, 4.69) is 0 Å². The van der Waals surface area contributed by atoms with E-state index in [0.29, 0.717) is 5.02 Å². The van der Waals surface area contributed by atoms with Crippen molar-refractivity contribution in [2.75, 3.05) is 0 Å². The van der Waals surface area contributed by atoms with E-state index < -0.39 is 0 Å². The summed E-state index contributed by atoms with van der Waals surface area (Å²) in [7, 11) is 0. The Bertz CT molecular complexity index is 433. The molecule has 2 aromatic rings. The van der Waals surface area contributed by atoms with Crippen molar-refractivity contribution in [2.24, 2.45) is 0 Å². The summed E-state index contributed by atoms with van der Waals surface area (Å²) in [6, 6.07) is 3.65. The van der Waals surface area contributed by atoms with Gasteiger partial charge in [-0.15, -0.1) is 11.3 Å². The molecule has 62 valence electrons. The number of rotatable bonds is 0. The molecule has 0 amide bonds. The average Bonchev–Trinajstić information content (AvgIpc) is 2.41. The number of hydrogen-bond acceptors (Lipinski definition) is 2. The van der Waals surface area contributed by atoms with Crippen LogP contribution in [0, 0.1) is 6.92 Å². The second kappa shape index (κ2) is 2.64. The molecule has 0 atom stereocenters. The third-order valence-corrected chi connectivity index (χ3v) is 3.29. The number of aromatic hydroxyl groups is 1. The predicted molar refractivity (Wildman–Crippen MR) is 53.2 cm³/mol. The number of fused-ring (bicyclic) bond motifs is 1. The summed E-state index contributed by atoms with van der Waals surface area (Å²) in [5.41, 5.74) is 1.18. The highest BCUT2D eigenvalue weighted by Crippen LogP contribution is 2.37. The fraction of sp³-hybridized carbons (Fsp3) is 0.111. The lowest BCUT2D eigenvalue weighted by molar-refractivity contribution is 0.483. The molecule has 0 bridgehead atoms. The lowest BCUT2D eigenvalue weighted by Crippen LogP contribution is -1.70. The molecule has 2 rings (SSSR count). The van der Waals surface area contributed by atoms with Crippen LogP contribution in [-0.2, 0) is 0 Å². The molecule has 1 nitrogen and oxygen atoms in total. The number of phenolic OH excluding ortho intramolecular Hbond substituents is 1. The maximum Gasteiger partial charge on any atom is 0.151 e. The van der Waals surface area contributed by atoms with Crippen molar-refractivity contribution in [1.29, 1.82) is 0 Å². The summed E-state index contributed by atoms with van der Waals surface area (Å²) in [5.74, 6) is 0.201. The van der Waals surface area contributed by atoms with Gasteiger partial charge in [0.25, 0.3) is 0 Å². The fourth-order valence-electron chi connectivity index (χ4n) is 1.19. The van der Waals surface area contributed by atoms with Gasteiger partial charge in [0.05, 0.1) is 9.72 Å². The molecular weight excluding hydrogens is 192 g/mol. The minimum absolute atomic E-state index is 0.201. The molecule has 0 aliphatic rings. The second-order valence-corrected chi connectivity index (χ2v) is 3.98. The van der Waals surface area contributed by atoms with E-state index >= 15 is 0 Å². The molecule has 0 spiro atoms. The van der Waals surface area contributed by atoms with Crippen LogP contribution in [0.4, 0.5) is 0 Å². The summed E-state index contributed by atoms with van der Waals surface area (Å²) in [6.07, 6.45) is 0. The zero-order chi connectivity index (χ0) is 8.72. The van der Waals surface area contributed by atoms with Crippen molar-refractivity contribution in [2.45, 2.75) is 6.92 Å². The van der Waals surface area contributed by atoms with Crippen LogP contribution in [0.15, 0.2) is 17.5 Å². The van der Waals surface area contributed by atoms with Gasteiger partial charge in [-0.05, 0) is 29.3 Å². The first-order chi connectivity index (χ1) is 5.70. The highest BCUT2D eigenvalue weighted by Gasteiger charge is 2.07. The lowest BCUT2D eigenvalue weighted by atomic mass is 10.2. The van der Waals surface area contributed by atoms with Gasteiger partial charge in [-0.2, -0.15) is 0 Å². The molecule has 0 unspecified atom stereocenters. The molecular formula is C9H7ClOS. The average molecular weight is 199 g/mol. The maximum absolute atomic E-state index is 9.55. The Kier molecular flexibility index (Phi) is 1.74. The van der Waals surface area contributed by atoms with Crippen LogP contribution in [0.5, 0.6) is 5.75 Å². The molecule has 1 aromatic heterocycles. The second-order valence-electron chi connectivity index (χ2n) is 2.69. The van der Waals surface area contributed by atoms with Crippen LogP contribution >= 0.6 is 22.9 Å². The van der Waals surface area contributed by atoms with Crippen molar-refractivity contribution in [3.05, 3.63) is 28.1 Å². The number of benzene rings is 1. The Morgan fingerprint density at radius 3 is 2.92 bits per heavy atom. The number of phenols is 1. The van der Waals surface area contributed by atoms with Gasteiger partial charge < -0.3 is 5.11 Å². The summed E-state index contributed by atoms with van der Waals surface area (Å²) in [4.78, 5) is 0. The van der Waals surface area contributed by atoms with Crippen molar-refractivity contribution in [3.8, 4) is 5.75 Å². The van der Waals surface area contributed by atoms with Crippen LogP contribution < -0.4 is 0 Å². The smallest absolute Gasteiger partial charge is 0.151 e. The summed E-state index contributed by atoms with van der Waals surface area (Å²) in [6.45, 7) is 2.02. The molecule has 0 radical (unpaired) electrons. The van der Waals surface area contributed by atoms with Gasteiger partial charge in [0.1, 0.15) is 0 Å². The van der Waals surface area contributed by atoms with Crippen LogP contribution in [0.3, 0.4) is 0 Å². The topological polar surface area (TPSA) is 20.2 Å². The zero-order valence-corrected chi connectivity index (χ0v) is 8.04. The van der Waals surface area contributed by atoms with Gasteiger partial charge in [0.15, 0.2) is 5.75 Å². The predicted octanol–water partition coefficient (Wildman–Crippen LogP) is 3.57. The van der Waals surface area contributed by atoms with E-state index in [1.165, 1.54) is 16.9 Å². The van der Waals surface area contributed by atoms with E-state index in [4.69, 9.17) is 11.6 Å². The monoisotopic (exact) mass is 198 g/mol. The largest absolute Gasteiger partial charge is 0.505 e. The van der Waals surface area contributed by atoms with Crippen molar-refractivity contribution in [1.82, 2.24) is 0 Å². The normalized spacial score (nSPS) is 10.8. The Labute approximate surface area is 79.2 Å². The number of halogens is 1. The third kappa shape index (κ3) is 0.993. The summed E-state index contributed by atoms with van der Waals surface area (Å²) >= 11 is 7.27. The Morgan fingerprint density at radius 2 is 2.17 bits per heavy atom. The van der Waals surface area contributed by atoms with E-state index in [9.17, 15) is 5.11 Å². The Hall–Kier alpha value is -0.730. The molecule has 1 heterocycles. The first kappa shape index (κ1) is 7.90. The van der Waals surface area contributed by atoms with Crippen molar-refractivity contribution >= 4 is 33.0 Å². The maximum atomic E-state index is 9.55. The first-order valence-electron chi connectivity index (χ1n) is 3.55. The molecule has 0 aliphatic heterocycles. The van der Waals surface area contributed by atoms with Gasteiger partial charge in [-0.25, -0.2) is 0 Å². The Morgan fingerprint density at radius 1 is 1.42 bits per heavy atom. The molecule has 12 heavy (non-hydrogen) atoms. The molecule has 0 aliphatic carbocycles. The molecule has 1 aromatic carbocycles. The van der Waals surface area contributed by atoms with E-state index in [0.717, 1.165) is 10.1 Å². The third-order valence-electron chi connectivity index (χ3n) is 1.86. The van der Waals surface area contributed by atoms with E-state index in [1.807, 2.05) is 18.4 Å². The minimum atomic E-state index is 0.201. The first-order valence-corrected chi connectivity index (χ1v) is 4.81. The minimum Gasteiger partial charge on any atom is -0.505 e. The standard InChI is InChI=1S/C9H7ClOS/c1-5-4-12-9-6(5)2-3-7(10)8(9)11/h2-4,11H,1H3. The number of aryl methyl sites for hydroxylation is 1. The van der Waals surface area contributed by atoms with Crippen LogP contribution in [-0.4, -0.2) is 5.11 Å². The van der Waals surface area contributed by atoms with Crippen LogP contribution in [0.1, 0.15) is 5.56 Å². The number of hydrogen-bond donors (Lipinski definition) is 1. The number of thiophene rings is 1. The quantitative estimate of drug-likeness (QED) is 0.686. The SMILES string of the molecule is Cc1csc2c(O)c(Cl)ccc12. The van der Waals surface area contributed by atoms with Crippen molar-refractivity contribution < 1.29 is 5.11 Å². The highest BCUT2D eigenvalue weighted by atomic mass is 35.5. The van der Waals surface area contributed by atoms with Gasteiger partial charge >= 0.3 is 0 Å². The van der Waals surface area contributed by atoms with Crippen LogP contribution in [0.2, 0.25) is 5.02 Å². The molecule has 3 heteroatoms. The molecule has 0 saturated heterocycles. The van der Waals surface area contributed by atoms with Gasteiger partial charge in [-0.3, -0.25) is 0 Å². The Balaban J connectivity index is 2.93. The van der Waals surface area contributed by atoms with Crippen molar-refractivity contribution in [3.63, 3.8) is 0 Å². The zero-order valence-electron chi connectivity index (χ0n) is 6.47. The van der Waals surface area contributed by atoms with Gasteiger partial charge in [0, 0.05) is 0 Å². The highest BCUT2D eigenvalue weighted by molar-refractivity contribution is 7.17. The summed E-state index contributed by atoms with van der Waals surface area (Å²) < 4.78 is 0.875. The van der Waals surface area contributed by atoms with Gasteiger partial charge in [0.2, 0.25) is 0 Å². The lowest BCUT2D eigenvalue weighted by Gasteiger charge is -1.97. The summed E-state index contributed by atoms with van der Waals surface area (Å²) in [5, 5.41) is 13.1. The molecule has 0 fully saturated rings. The molecule has 1 N–H and O–H groups in total. The van der Waals surface area contributed by atoms with E-state index in [1.54, 1.807) is 6.07 Å². The van der Waals surface area contributed by atoms with E-state index in [-0.39, 0.29) is 5.75 Å². The molecule has 0 saturated carbocycles.